The molecule has 6 heteroatoms. The Kier molecular flexibility index (Phi) is 2.70. The molecule has 0 aliphatic carbocycles. The summed E-state index contributed by atoms with van der Waals surface area (Å²) in [6.45, 7) is 4.70. The normalized spacial score (nSPS) is 19.4. The van der Waals surface area contributed by atoms with Gasteiger partial charge in [0.2, 0.25) is 11.8 Å². The summed E-state index contributed by atoms with van der Waals surface area (Å²) in [5.41, 5.74) is 0.968. The van der Waals surface area contributed by atoms with Gasteiger partial charge in [-0.15, -0.1) is 0 Å². The zero-order valence-corrected chi connectivity index (χ0v) is 10.5. The quantitative estimate of drug-likeness (QED) is 0.803. The van der Waals surface area contributed by atoms with E-state index in [0.717, 1.165) is 36.9 Å². The van der Waals surface area contributed by atoms with Crippen LogP contribution < -0.4 is 4.90 Å². The molecule has 2 aromatic heterocycles. The third kappa shape index (κ3) is 1.94. The molecule has 0 N–H and O–H groups in total. The van der Waals surface area contributed by atoms with E-state index < -0.39 is 0 Å². The van der Waals surface area contributed by atoms with Gasteiger partial charge < -0.3 is 9.42 Å². The summed E-state index contributed by atoms with van der Waals surface area (Å²) >= 11 is 0. The van der Waals surface area contributed by atoms with Crippen LogP contribution in [-0.2, 0) is 0 Å². The molecule has 0 spiro atoms. The number of nitrogens with zero attached hydrogens (tertiary/aromatic N) is 5. The van der Waals surface area contributed by atoms with Gasteiger partial charge in [-0.05, 0) is 25.8 Å². The maximum atomic E-state index is 5.06. The smallest absolute Gasteiger partial charge is 0.226 e. The molecule has 1 saturated heterocycles. The predicted molar refractivity (Wildman–Crippen MR) is 65.1 cm³/mol. The first-order valence-electron chi connectivity index (χ1n) is 6.10. The molecular formula is C12H15N5O. The van der Waals surface area contributed by atoms with Crippen molar-refractivity contribution in [2.45, 2.75) is 32.7 Å². The molecule has 94 valence electrons. The number of anilines is 1. The van der Waals surface area contributed by atoms with Gasteiger partial charge in [-0.25, -0.2) is 9.97 Å². The molecule has 0 saturated carbocycles. The van der Waals surface area contributed by atoms with Crippen LogP contribution >= 0.6 is 0 Å². The first kappa shape index (κ1) is 11.1. The average Bonchev–Trinajstić information content (AvgIpc) is 2.96. The van der Waals surface area contributed by atoms with Gasteiger partial charge in [-0.2, -0.15) is 4.98 Å². The van der Waals surface area contributed by atoms with Gasteiger partial charge in [0, 0.05) is 25.4 Å². The number of hydrogen-bond donors (Lipinski definition) is 0. The summed E-state index contributed by atoms with van der Waals surface area (Å²) in [6, 6.07) is 2.02. The summed E-state index contributed by atoms with van der Waals surface area (Å²) in [7, 11) is 0. The molecule has 6 nitrogen and oxygen atoms in total. The van der Waals surface area contributed by atoms with E-state index >= 15 is 0 Å². The lowest BCUT2D eigenvalue weighted by molar-refractivity contribution is 0.383. The predicted octanol–water partition coefficient (Wildman–Crippen LogP) is 1.82. The Morgan fingerprint density at radius 3 is 2.94 bits per heavy atom. The minimum atomic E-state index is 0.129. The Morgan fingerprint density at radius 1 is 1.33 bits per heavy atom. The topological polar surface area (TPSA) is 67.9 Å². The number of hydrogen-bond acceptors (Lipinski definition) is 6. The maximum Gasteiger partial charge on any atom is 0.226 e. The molecule has 0 unspecified atom stereocenters. The number of rotatable bonds is 2. The van der Waals surface area contributed by atoms with E-state index in [0.29, 0.717) is 5.89 Å². The van der Waals surface area contributed by atoms with Crippen molar-refractivity contribution in [3.05, 3.63) is 29.7 Å². The van der Waals surface area contributed by atoms with Crippen molar-refractivity contribution in [3.63, 3.8) is 0 Å². The van der Waals surface area contributed by atoms with Crippen LogP contribution in [0.15, 0.2) is 16.8 Å². The van der Waals surface area contributed by atoms with Gasteiger partial charge in [0.1, 0.15) is 0 Å². The van der Waals surface area contributed by atoms with Crippen LogP contribution in [0, 0.1) is 13.8 Å². The highest BCUT2D eigenvalue weighted by Gasteiger charge is 2.31. The second-order valence-corrected chi connectivity index (χ2v) is 4.52. The van der Waals surface area contributed by atoms with Crippen molar-refractivity contribution in [3.8, 4) is 0 Å². The molecule has 2 aromatic rings. The Labute approximate surface area is 105 Å². The Hall–Kier alpha value is -1.98. The Morgan fingerprint density at radius 2 is 2.22 bits per heavy atom. The first-order chi connectivity index (χ1) is 8.74. The van der Waals surface area contributed by atoms with Crippen LogP contribution in [-0.4, -0.2) is 26.7 Å². The zero-order valence-electron chi connectivity index (χ0n) is 10.5. The van der Waals surface area contributed by atoms with E-state index in [1.807, 2.05) is 13.0 Å². The van der Waals surface area contributed by atoms with E-state index in [4.69, 9.17) is 4.52 Å². The molecule has 1 atom stereocenters. The Balaban J connectivity index is 1.92. The van der Waals surface area contributed by atoms with Crippen molar-refractivity contribution in [1.82, 2.24) is 20.1 Å². The minimum absolute atomic E-state index is 0.129. The van der Waals surface area contributed by atoms with Gasteiger partial charge in [0.25, 0.3) is 0 Å². The molecule has 1 aliphatic rings. The van der Waals surface area contributed by atoms with Crippen LogP contribution in [0.4, 0.5) is 5.95 Å². The van der Waals surface area contributed by atoms with Crippen LogP contribution in [0.5, 0.6) is 0 Å². The Bertz CT molecular complexity index is 553. The third-order valence-corrected chi connectivity index (χ3v) is 3.13. The van der Waals surface area contributed by atoms with E-state index in [-0.39, 0.29) is 6.04 Å². The molecule has 0 amide bonds. The van der Waals surface area contributed by atoms with Crippen molar-refractivity contribution < 1.29 is 4.52 Å². The molecule has 3 rings (SSSR count). The summed E-state index contributed by atoms with van der Waals surface area (Å²) in [5, 5.41) is 4.01. The lowest BCUT2D eigenvalue weighted by Crippen LogP contribution is -2.25. The van der Waals surface area contributed by atoms with E-state index in [9.17, 15) is 0 Å². The van der Waals surface area contributed by atoms with Gasteiger partial charge in [0.15, 0.2) is 5.82 Å². The van der Waals surface area contributed by atoms with E-state index in [2.05, 4.69) is 25.0 Å². The first-order valence-corrected chi connectivity index (χ1v) is 6.10. The highest BCUT2D eigenvalue weighted by atomic mass is 16.5. The molecule has 0 bridgehead atoms. The highest BCUT2D eigenvalue weighted by Crippen LogP contribution is 2.32. The monoisotopic (exact) mass is 245 g/mol. The van der Waals surface area contributed by atoms with Gasteiger partial charge in [-0.1, -0.05) is 5.16 Å². The largest absolute Gasteiger partial charge is 0.340 e. The fourth-order valence-corrected chi connectivity index (χ4v) is 2.30. The molecule has 0 aromatic carbocycles. The van der Waals surface area contributed by atoms with Gasteiger partial charge >= 0.3 is 0 Å². The van der Waals surface area contributed by atoms with Crippen LogP contribution in [0.25, 0.3) is 0 Å². The molecular weight excluding hydrogens is 230 g/mol. The van der Waals surface area contributed by atoms with E-state index in [1.54, 1.807) is 13.1 Å². The fourth-order valence-electron chi connectivity index (χ4n) is 2.30. The molecule has 0 radical (unpaired) electrons. The summed E-state index contributed by atoms with van der Waals surface area (Å²) in [4.78, 5) is 15.3. The fraction of sp³-hybridized carbons (Fsp3) is 0.500. The van der Waals surface area contributed by atoms with Crippen molar-refractivity contribution in [2.75, 3.05) is 11.4 Å². The van der Waals surface area contributed by atoms with Crippen molar-refractivity contribution in [2.24, 2.45) is 0 Å². The second-order valence-electron chi connectivity index (χ2n) is 4.52. The third-order valence-electron chi connectivity index (χ3n) is 3.13. The van der Waals surface area contributed by atoms with Gasteiger partial charge in [0.05, 0.1) is 6.04 Å². The molecule has 1 aliphatic heterocycles. The lowest BCUT2D eigenvalue weighted by Gasteiger charge is -2.21. The maximum absolute atomic E-state index is 5.06. The zero-order chi connectivity index (χ0) is 12.5. The summed E-state index contributed by atoms with van der Waals surface area (Å²) in [5.74, 6) is 2.08. The SMILES string of the molecule is Cc1ccnc(N2CCC[C@H]2c2noc(C)n2)n1. The van der Waals surface area contributed by atoms with Crippen LogP contribution in [0.3, 0.4) is 0 Å². The second kappa shape index (κ2) is 4.36. The number of aryl methyl sites for hydroxylation is 2. The van der Waals surface area contributed by atoms with Crippen LogP contribution in [0.1, 0.15) is 36.3 Å². The lowest BCUT2D eigenvalue weighted by atomic mass is 10.2. The minimum Gasteiger partial charge on any atom is -0.340 e. The van der Waals surface area contributed by atoms with E-state index in [1.165, 1.54) is 0 Å². The van der Waals surface area contributed by atoms with Crippen LogP contribution in [0.2, 0.25) is 0 Å². The molecule has 18 heavy (non-hydrogen) atoms. The average molecular weight is 245 g/mol. The molecule has 1 fully saturated rings. The molecule has 3 heterocycles. The van der Waals surface area contributed by atoms with Gasteiger partial charge in [-0.3, -0.25) is 0 Å². The standard InChI is InChI=1S/C12H15N5O/c1-8-5-6-13-12(14-8)17-7-3-4-10(17)11-15-9(2)18-16-11/h5-6,10H,3-4,7H2,1-2H3/t10-/m0/s1. The summed E-state index contributed by atoms with van der Waals surface area (Å²) in [6.07, 6.45) is 3.89. The van der Waals surface area contributed by atoms with Crippen molar-refractivity contribution >= 4 is 5.95 Å². The summed E-state index contributed by atoms with van der Waals surface area (Å²) < 4.78 is 5.06. The highest BCUT2D eigenvalue weighted by molar-refractivity contribution is 5.35. The number of aromatic nitrogens is 4. The van der Waals surface area contributed by atoms with Crippen molar-refractivity contribution in [1.29, 1.82) is 0 Å².